The van der Waals surface area contributed by atoms with Gasteiger partial charge in [0, 0.05) is 11.6 Å². The van der Waals surface area contributed by atoms with Gasteiger partial charge in [0.15, 0.2) is 11.5 Å². The fourth-order valence-corrected chi connectivity index (χ4v) is 4.88. The smallest absolute Gasteiger partial charge is 0.305 e. The molecule has 1 aliphatic carbocycles. The molecule has 0 aliphatic heterocycles. The first-order valence-corrected chi connectivity index (χ1v) is 11.7. The van der Waals surface area contributed by atoms with Crippen molar-refractivity contribution in [3.63, 3.8) is 0 Å². The fraction of sp³-hybridized carbons (Fsp3) is 0.304. The highest BCUT2D eigenvalue weighted by atomic mass is 32.1. The molecule has 1 amide bonds. The number of nitrogens with zero attached hydrogens (tertiary/aromatic N) is 5. The molecule has 0 atom stereocenters. The Morgan fingerprint density at radius 2 is 1.88 bits per heavy atom. The second-order valence-corrected chi connectivity index (χ2v) is 9.29. The molecule has 0 radical (unpaired) electrons. The highest BCUT2D eigenvalue weighted by molar-refractivity contribution is 7.17. The average Bonchev–Trinajstić information content (AvgIpc) is 3.48. The maximum absolute atomic E-state index is 12.9. The maximum Gasteiger partial charge on any atom is 0.324 e. The number of carbonyl (C=O) groups excluding carboxylic acids is 1. The number of carbonyl (C=O) groups is 1. The Labute approximate surface area is 193 Å². The second kappa shape index (κ2) is 8.70. The van der Waals surface area contributed by atoms with Gasteiger partial charge in [0.25, 0.3) is 5.91 Å². The molecule has 0 saturated heterocycles. The molecule has 0 unspecified atom stereocenters. The van der Waals surface area contributed by atoms with Gasteiger partial charge >= 0.3 is 5.00 Å². The number of hydrogen-bond donors (Lipinski definition) is 1. The third-order valence-electron chi connectivity index (χ3n) is 5.91. The molecule has 10 heteroatoms. The first-order chi connectivity index (χ1) is 16.0. The van der Waals surface area contributed by atoms with Crippen molar-refractivity contribution in [2.45, 2.75) is 45.1 Å². The number of fused-ring (bicyclic) bond motifs is 1. The number of amides is 1. The minimum Gasteiger partial charge on any atom is -0.305 e. The standard InChI is InChI=1S/C23H22N6O3S/c1-14-7-9-15(10-8-14)20-25-21(27-23(30)18-11-12-19(33-18)29(31)32)17-13-24-28(22(17)26-20)16-5-3-2-4-6-16/h7-13,16H,2-6H2,1H3,(H,25,26,27,30). The van der Waals surface area contributed by atoms with E-state index < -0.39 is 10.8 Å². The van der Waals surface area contributed by atoms with Crippen molar-refractivity contribution in [1.82, 2.24) is 19.7 Å². The molecule has 1 aromatic carbocycles. The first kappa shape index (κ1) is 21.2. The van der Waals surface area contributed by atoms with Crippen LogP contribution in [-0.4, -0.2) is 30.6 Å². The number of benzene rings is 1. The van der Waals surface area contributed by atoms with Crippen LogP contribution in [0.25, 0.3) is 22.4 Å². The normalized spacial score (nSPS) is 14.5. The summed E-state index contributed by atoms with van der Waals surface area (Å²) in [5, 5.41) is 19.0. The molecule has 0 spiro atoms. The van der Waals surface area contributed by atoms with E-state index in [1.54, 1.807) is 6.20 Å². The lowest BCUT2D eigenvalue weighted by molar-refractivity contribution is -0.380. The highest BCUT2D eigenvalue weighted by Crippen LogP contribution is 2.33. The van der Waals surface area contributed by atoms with E-state index in [0.29, 0.717) is 22.7 Å². The average molecular weight is 463 g/mol. The number of thiophene rings is 1. The largest absolute Gasteiger partial charge is 0.324 e. The summed E-state index contributed by atoms with van der Waals surface area (Å²) in [7, 11) is 0. The monoisotopic (exact) mass is 462 g/mol. The van der Waals surface area contributed by atoms with Crippen LogP contribution < -0.4 is 5.32 Å². The fourth-order valence-electron chi connectivity index (χ4n) is 4.16. The zero-order valence-corrected chi connectivity index (χ0v) is 18.8. The molecule has 5 rings (SSSR count). The lowest BCUT2D eigenvalue weighted by Gasteiger charge is -2.22. The topological polar surface area (TPSA) is 116 Å². The quantitative estimate of drug-likeness (QED) is 0.308. The zero-order chi connectivity index (χ0) is 22.9. The van der Waals surface area contributed by atoms with Crippen LogP contribution in [0.15, 0.2) is 42.6 Å². The van der Waals surface area contributed by atoms with Gasteiger partial charge in [-0.1, -0.05) is 60.4 Å². The van der Waals surface area contributed by atoms with Crippen LogP contribution >= 0.6 is 11.3 Å². The van der Waals surface area contributed by atoms with Gasteiger partial charge in [-0.15, -0.1) is 0 Å². The van der Waals surface area contributed by atoms with Crippen molar-refractivity contribution in [3.05, 3.63) is 63.1 Å². The summed E-state index contributed by atoms with van der Waals surface area (Å²) in [6, 6.07) is 10.9. The molecule has 0 bridgehead atoms. The van der Waals surface area contributed by atoms with Gasteiger partial charge < -0.3 is 5.32 Å². The Morgan fingerprint density at radius 3 is 2.58 bits per heavy atom. The number of nitrogens with one attached hydrogen (secondary N) is 1. The summed E-state index contributed by atoms with van der Waals surface area (Å²) < 4.78 is 1.96. The SMILES string of the molecule is Cc1ccc(-c2nc(NC(=O)c3ccc([N+](=O)[O-])s3)c3cnn(C4CCCCC4)c3n2)cc1. The van der Waals surface area contributed by atoms with E-state index in [4.69, 9.17) is 4.98 Å². The maximum atomic E-state index is 12.9. The summed E-state index contributed by atoms with van der Waals surface area (Å²) in [5.74, 6) is 0.388. The summed E-state index contributed by atoms with van der Waals surface area (Å²) >= 11 is 0.828. The minimum absolute atomic E-state index is 0.0848. The Morgan fingerprint density at radius 1 is 1.12 bits per heavy atom. The molecule has 1 fully saturated rings. The summed E-state index contributed by atoms with van der Waals surface area (Å²) in [6.45, 7) is 2.01. The van der Waals surface area contributed by atoms with Crippen molar-refractivity contribution in [1.29, 1.82) is 0 Å². The van der Waals surface area contributed by atoms with E-state index in [2.05, 4.69) is 15.4 Å². The Hall–Kier alpha value is -3.66. The van der Waals surface area contributed by atoms with Gasteiger partial charge in [-0.3, -0.25) is 14.9 Å². The van der Waals surface area contributed by atoms with Crippen LogP contribution in [0.5, 0.6) is 0 Å². The van der Waals surface area contributed by atoms with Crippen molar-refractivity contribution in [2.24, 2.45) is 0 Å². The molecule has 3 heterocycles. The minimum atomic E-state index is -0.506. The molecule has 33 heavy (non-hydrogen) atoms. The zero-order valence-electron chi connectivity index (χ0n) is 18.0. The summed E-state index contributed by atoms with van der Waals surface area (Å²) in [6.07, 6.45) is 7.32. The second-order valence-electron chi connectivity index (χ2n) is 8.23. The molecule has 9 nitrogen and oxygen atoms in total. The van der Waals surface area contributed by atoms with Gasteiger partial charge in [0.2, 0.25) is 0 Å². The van der Waals surface area contributed by atoms with E-state index in [0.717, 1.165) is 48.1 Å². The molecule has 1 saturated carbocycles. The number of aryl methyl sites for hydroxylation is 1. The lowest BCUT2D eigenvalue weighted by Crippen LogP contribution is -2.15. The van der Waals surface area contributed by atoms with Crippen LogP contribution in [0.3, 0.4) is 0 Å². The molecule has 1 aliphatic rings. The lowest BCUT2D eigenvalue weighted by atomic mass is 9.96. The molecule has 1 N–H and O–H groups in total. The Balaban J connectivity index is 1.58. The highest BCUT2D eigenvalue weighted by Gasteiger charge is 2.23. The molecule has 168 valence electrons. The predicted molar refractivity (Wildman–Crippen MR) is 127 cm³/mol. The van der Waals surface area contributed by atoms with Gasteiger partial charge in [0.1, 0.15) is 5.82 Å². The summed E-state index contributed by atoms with van der Waals surface area (Å²) in [5.41, 5.74) is 2.64. The van der Waals surface area contributed by atoms with Gasteiger partial charge in [-0.25, -0.2) is 14.6 Å². The van der Waals surface area contributed by atoms with E-state index in [9.17, 15) is 14.9 Å². The van der Waals surface area contributed by atoms with E-state index in [-0.39, 0.29) is 15.9 Å². The number of rotatable bonds is 5. The van der Waals surface area contributed by atoms with Crippen LogP contribution in [0.1, 0.15) is 53.4 Å². The Bertz CT molecular complexity index is 1340. The number of nitro groups is 1. The number of hydrogen-bond acceptors (Lipinski definition) is 7. The Kier molecular flexibility index (Phi) is 5.59. The van der Waals surface area contributed by atoms with Gasteiger partial charge in [-0.2, -0.15) is 5.10 Å². The van der Waals surface area contributed by atoms with Crippen LogP contribution in [-0.2, 0) is 0 Å². The molecular weight excluding hydrogens is 440 g/mol. The van der Waals surface area contributed by atoms with Crippen LogP contribution in [0, 0.1) is 17.0 Å². The molecule has 4 aromatic rings. The van der Waals surface area contributed by atoms with E-state index in [1.165, 1.54) is 18.6 Å². The summed E-state index contributed by atoms with van der Waals surface area (Å²) in [4.78, 5) is 33.1. The third kappa shape index (κ3) is 4.21. The van der Waals surface area contributed by atoms with Crippen molar-refractivity contribution < 1.29 is 9.72 Å². The van der Waals surface area contributed by atoms with Gasteiger partial charge in [0.05, 0.1) is 27.4 Å². The molecule has 3 aromatic heterocycles. The predicted octanol–water partition coefficient (Wildman–Crippen LogP) is 5.53. The number of anilines is 1. The van der Waals surface area contributed by atoms with Crippen molar-refractivity contribution in [3.8, 4) is 11.4 Å². The first-order valence-electron chi connectivity index (χ1n) is 10.9. The van der Waals surface area contributed by atoms with Crippen LogP contribution in [0.4, 0.5) is 10.8 Å². The molecular formula is C23H22N6O3S. The van der Waals surface area contributed by atoms with Crippen molar-refractivity contribution >= 4 is 39.1 Å². The van der Waals surface area contributed by atoms with Crippen LogP contribution in [0.2, 0.25) is 0 Å². The number of aromatic nitrogens is 4. The van der Waals surface area contributed by atoms with E-state index >= 15 is 0 Å². The van der Waals surface area contributed by atoms with E-state index in [1.807, 2.05) is 35.9 Å². The third-order valence-corrected chi connectivity index (χ3v) is 6.95. The van der Waals surface area contributed by atoms with Gasteiger partial charge in [-0.05, 0) is 25.8 Å². The van der Waals surface area contributed by atoms with Crippen molar-refractivity contribution in [2.75, 3.05) is 5.32 Å².